The maximum Gasteiger partial charge on any atom is 0.240 e. The van der Waals surface area contributed by atoms with Crippen molar-refractivity contribution in [2.75, 3.05) is 20.1 Å². The molecule has 94 valence electrons. The van der Waals surface area contributed by atoms with Crippen molar-refractivity contribution >= 4 is 5.91 Å². The number of rotatable bonds is 2. The first kappa shape index (κ1) is 12.4. The Bertz CT molecular complexity index is 336. The molecule has 2 bridgehead atoms. The van der Waals surface area contributed by atoms with Crippen LogP contribution in [0.1, 0.15) is 25.7 Å². The molecule has 2 fully saturated rings. The van der Waals surface area contributed by atoms with Gasteiger partial charge in [0.1, 0.15) is 0 Å². The van der Waals surface area contributed by atoms with E-state index in [1.54, 1.807) is 0 Å². The standard InChI is InChI=1S/C13H21N3O/c1-3-4-12(14)13(17)16-8-7-10-5-6-11(9-16)15(10)2/h1,10-12H,4-9,14H2,2H3. The number of hydrogen-bond acceptors (Lipinski definition) is 3. The Hall–Kier alpha value is -1.05. The Morgan fingerprint density at radius 2 is 2.18 bits per heavy atom. The van der Waals surface area contributed by atoms with E-state index in [0.717, 1.165) is 19.5 Å². The fourth-order valence-electron chi connectivity index (χ4n) is 2.96. The molecule has 0 aromatic carbocycles. The molecule has 0 aliphatic carbocycles. The molecule has 2 rings (SSSR count). The van der Waals surface area contributed by atoms with Crippen LogP contribution in [0.15, 0.2) is 0 Å². The summed E-state index contributed by atoms with van der Waals surface area (Å²) < 4.78 is 0. The van der Waals surface area contributed by atoms with Gasteiger partial charge in [-0.2, -0.15) is 0 Å². The fraction of sp³-hybridized carbons (Fsp3) is 0.769. The van der Waals surface area contributed by atoms with E-state index in [1.165, 1.54) is 12.8 Å². The van der Waals surface area contributed by atoms with Crippen LogP contribution in [-0.2, 0) is 4.79 Å². The van der Waals surface area contributed by atoms with Crippen LogP contribution in [0.5, 0.6) is 0 Å². The Kier molecular flexibility index (Phi) is 3.70. The van der Waals surface area contributed by atoms with Crippen LogP contribution in [0.3, 0.4) is 0 Å². The van der Waals surface area contributed by atoms with Gasteiger partial charge in [-0.15, -0.1) is 12.3 Å². The number of likely N-dealkylation sites (N-methyl/N-ethyl adjacent to an activating group) is 1. The van der Waals surface area contributed by atoms with Crippen molar-refractivity contribution in [1.29, 1.82) is 0 Å². The summed E-state index contributed by atoms with van der Waals surface area (Å²) in [5, 5.41) is 0. The molecule has 2 N–H and O–H groups in total. The minimum absolute atomic E-state index is 0.0175. The number of fused-ring (bicyclic) bond motifs is 2. The maximum atomic E-state index is 12.1. The van der Waals surface area contributed by atoms with Crippen molar-refractivity contribution in [1.82, 2.24) is 9.80 Å². The molecule has 4 heteroatoms. The zero-order valence-electron chi connectivity index (χ0n) is 10.4. The first-order chi connectivity index (χ1) is 8.13. The molecule has 2 aliphatic heterocycles. The molecular weight excluding hydrogens is 214 g/mol. The van der Waals surface area contributed by atoms with Crippen LogP contribution in [0.25, 0.3) is 0 Å². The first-order valence-electron chi connectivity index (χ1n) is 6.33. The van der Waals surface area contributed by atoms with Gasteiger partial charge in [-0.1, -0.05) is 0 Å². The van der Waals surface area contributed by atoms with E-state index in [9.17, 15) is 4.79 Å². The fourth-order valence-corrected chi connectivity index (χ4v) is 2.96. The Morgan fingerprint density at radius 3 is 2.88 bits per heavy atom. The third-order valence-electron chi connectivity index (χ3n) is 4.12. The lowest BCUT2D eigenvalue weighted by atomic mass is 10.1. The van der Waals surface area contributed by atoms with Crippen LogP contribution in [0.2, 0.25) is 0 Å². The highest BCUT2D eigenvalue weighted by atomic mass is 16.2. The number of nitrogens with zero attached hydrogens (tertiary/aromatic N) is 2. The summed E-state index contributed by atoms with van der Waals surface area (Å²) in [5.74, 6) is 2.48. The monoisotopic (exact) mass is 235 g/mol. The van der Waals surface area contributed by atoms with E-state index in [0.29, 0.717) is 18.5 Å². The molecule has 0 spiro atoms. The first-order valence-corrected chi connectivity index (χ1v) is 6.33. The summed E-state index contributed by atoms with van der Waals surface area (Å²) in [6.07, 6.45) is 9.04. The van der Waals surface area contributed by atoms with Gasteiger partial charge >= 0.3 is 0 Å². The molecular formula is C13H21N3O. The van der Waals surface area contributed by atoms with Crippen molar-refractivity contribution < 1.29 is 4.79 Å². The normalized spacial score (nSPS) is 30.8. The molecule has 17 heavy (non-hydrogen) atoms. The number of carbonyl (C=O) groups excluding carboxylic acids is 1. The number of amides is 1. The smallest absolute Gasteiger partial charge is 0.240 e. The predicted molar refractivity (Wildman–Crippen MR) is 67.2 cm³/mol. The molecule has 0 aromatic heterocycles. The van der Waals surface area contributed by atoms with Gasteiger partial charge in [-0.25, -0.2) is 0 Å². The lowest BCUT2D eigenvalue weighted by Crippen LogP contribution is -2.47. The molecule has 4 nitrogen and oxygen atoms in total. The van der Waals surface area contributed by atoms with E-state index in [1.807, 2.05) is 4.90 Å². The van der Waals surface area contributed by atoms with E-state index in [2.05, 4.69) is 17.9 Å². The van der Waals surface area contributed by atoms with Gasteiger partial charge in [0, 0.05) is 31.6 Å². The SMILES string of the molecule is C#CCC(N)C(=O)N1CCC2CCC(C1)N2C. The van der Waals surface area contributed by atoms with Crippen LogP contribution >= 0.6 is 0 Å². The minimum atomic E-state index is -0.526. The third kappa shape index (κ3) is 2.46. The molecule has 3 unspecified atom stereocenters. The van der Waals surface area contributed by atoms with Gasteiger partial charge in [-0.3, -0.25) is 9.69 Å². The highest BCUT2D eigenvalue weighted by Crippen LogP contribution is 2.28. The molecule has 0 saturated carbocycles. The summed E-state index contributed by atoms with van der Waals surface area (Å²) >= 11 is 0. The molecule has 0 aromatic rings. The second-order valence-electron chi connectivity index (χ2n) is 5.14. The molecule has 0 radical (unpaired) electrons. The van der Waals surface area contributed by atoms with Gasteiger partial charge in [0.15, 0.2) is 0 Å². The molecule has 2 saturated heterocycles. The average Bonchev–Trinajstić information content (AvgIpc) is 2.53. The quantitative estimate of drug-likeness (QED) is 0.687. The minimum Gasteiger partial charge on any atom is -0.340 e. The summed E-state index contributed by atoms with van der Waals surface area (Å²) in [5.41, 5.74) is 5.80. The van der Waals surface area contributed by atoms with Gasteiger partial charge in [0.2, 0.25) is 5.91 Å². The van der Waals surface area contributed by atoms with Gasteiger partial charge < -0.3 is 10.6 Å². The largest absolute Gasteiger partial charge is 0.340 e. The van der Waals surface area contributed by atoms with Crippen molar-refractivity contribution in [2.45, 2.75) is 43.8 Å². The number of nitrogens with two attached hydrogens (primary N) is 1. The third-order valence-corrected chi connectivity index (χ3v) is 4.12. The zero-order valence-corrected chi connectivity index (χ0v) is 10.4. The number of hydrogen-bond donors (Lipinski definition) is 1. The second kappa shape index (κ2) is 5.07. The van der Waals surface area contributed by atoms with E-state index in [-0.39, 0.29) is 5.91 Å². The Labute approximate surface area is 103 Å². The topological polar surface area (TPSA) is 49.6 Å². The summed E-state index contributed by atoms with van der Waals surface area (Å²) in [4.78, 5) is 16.4. The summed E-state index contributed by atoms with van der Waals surface area (Å²) in [6.45, 7) is 1.63. The molecule has 2 heterocycles. The van der Waals surface area contributed by atoms with Crippen LogP contribution in [0, 0.1) is 12.3 Å². The summed E-state index contributed by atoms with van der Waals surface area (Å²) in [6, 6.07) is 0.619. The Balaban J connectivity index is 1.99. The van der Waals surface area contributed by atoms with Crippen LogP contribution in [0.4, 0.5) is 0 Å². The van der Waals surface area contributed by atoms with Crippen LogP contribution < -0.4 is 5.73 Å². The highest BCUT2D eigenvalue weighted by Gasteiger charge is 2.36. The zero-order chi connectivity index (χ0) is 12.4. The lowest BCUT2D eigenvalue weighted by molar-refractivity contribution is -0.132. The Morgan fingerprint density at radius 1 is 1.47 bits per heavy atom. The van der Waals surface area contributed by atoms with E-state index >= 15 is 0 Å². The number of terminal acetylenes is 1. The second-order valence-corrected chi connectivity index (χ2v) is 5.14. The maximum absolute atomic E-state index is 12.1. The number of likely N-dealkylation sites (tertiary alicyclic amines) is 1. The van der Waals surface area contributed by atoms with Gasteiger partial charge in [0.25, 0.3) is 0 Å². The molecule has 2 aliphatic rings. The lowest BCUT2D eigenvalue weighted by Gasteiger charge is -2.27. The number of carbonyl (C=O) groups is 1. The predicted octanol–water partition coefficient (Wildman–Crippen LogP) is 0.0321. The van der Waals surface area contributed by atoms with E-state index in [4.69, 9.17) is 12.2 Å². The molecule has 1 amide bonds. The van der Waals surface area contributed by atoms with Gasteiger partial charge in [-0.05, 0) is 26.3 Å². The highest BCUT2D eigenvalue weighted by molar-refractivity contribution is 5.82. The summed E-state index contributed by atoms with van der Waals surface area (Å²) in [7, 11) is 2.16. The van der Waals surface area contributed by atoms with E-state index < -0.39 is 6.04 Å². The average molecular weight is 235 g/mol. The molecule has 3 atom stereocenters. The van der Waals surface area contributed by atoms with Crippen molar-refractivity contribution in [3.05, 3.63) is 0 Å². The van der Waals surface area contributed by atoms with Crippen molar-refractivity contribution in [3.63, 3.8) is 0 Å². The van der Waals surface area contributed by atoms with Gasteiger partial charge in [0.05, 0.1) is 6.04 Å². The van der Waals surface area contributed by atoms with Crippen molar-refractivity contribution in [3.8, 4) is 12.3 Å². The van der Waals surface area contributed by atoms with Crippen molar-refractivity contribution in [2.24, 2.45) is 5.73 Å². The van der Waals surface area contributed by atoms with Crippen LogP contribution in [-0.4, -0.2) is 54.0 Å².